The van der Waals surface area contributed by atoms with Crippen LogP contribution in [0.15, 0.2) is 60.0 Å². The number of aromatic nitrogens is 1. The molecule has 0 bridgehead atoms. The maximum Gasteiger partial charge on any atom is 0.273 e. The molecule has 0 aliphatic carbocycles. The van der Waals surface area contributed by atoms with Crippen molar-refractivity contribution in [1.82, 2.24) is 14.8 Å². The quantitative estimate of drug-likeness (QED) is 0.304. The molecule has 1 aliphatic heterocycles. The predicted octanol–water partition coefficient (Wildman–Crippen LogP) is 2.40. The van der Waals surface area contributed by atoms with Gasteiger partial charge in [-0.2, -0.15) is 0 Å². The number of hydrogen-bond donors (Lipinski definition) is 3. The number of hydrogen-bond acceptors (Lipinski definition) is 7. The number of nitrogens with one attached hydrogen (secondary N) is 1. The van der Waals surface area contributed by atoms with Crippen LogP contribution in [0.2, 0.25) is 0 Å². The van der Waals surface area contributed by atoms with Gasteiger partial charge in [-0.15, -0.1) is 11.3 Å². The van der Waals surface area contributed by atoms with Crippen LogP contribution in [0.25, 0.3) is 10.6 Å². The van der Waals surface area contributed by atoms with E-state index in [0.29, 0.717) is 28.4 Å². The Bertz CT molecular complexity index is 1510. The highest BCUT2D eigenvalue weighted by molar-refractivity contribution is 7.13. The second-order valence-corrected chi connectivity index (χ2v) is 9.98. The molecule has 0 radical (unpaired) electrons. The summed E-state index contributed by atoms with van der Waals surface area (Å²) < 4.78 is 0. The Morgan fingerprint density at radius 2 is 1.80 bits per heavy atom. The molecule has 12 heteroatoms. The van der Waals surface area contributed by atoms with E-state index in [4.69, 9.17) is 11.5 Å². The van der Waals surface area contributed by atoms with Gasteiger partial charge in [0, 0.05) is 59.4 Å². The van der Waals surface area contributed by atoms with Crippen LogP contribution < -0.4 is 16.8 Å². The molecule has 2 heterocycles. The summed E-state index contributed by atoms with van der Waals surface area (Å²) in [5.74, 6) is -2.05. The van der Waals surface area contributed by atoms with Gasteiger partial charge >= 0.3 is 0 Å². The smallest absolute Gasteiger partial charge is 0.273 e. The van der Waals surface area contributed by atoms with Crippen LogP contribution in [0.1, 0.15) is 50.1 Å². The number of rotatable bonds is 11. The number of fused-ring (bicyclic) bond motifs is 1. The van der Waals surface area contributed by atoms with Gasteiger partial charge in [-0.05, 0) is 42.8 Å². The summed E-state index contributed by atoms with van der Waals surface area (Å²) in [5, 5.41) is 4.97. The molecular weight excluding hydrogens is 532 g/mol. The van der Waals surface area contributed by atoms with Crippen molar-refractivity contribution in [3.63, 3.8) is 0 Å². The van der Waals surface area contributed by atoms with E-state index >= 15 is 0 Å². The minimum atomic E-state index is -0.663. The van der Waals surface area contributed by atoms with Gasteiger partial charge in [-0.25, -0.2) is 4.98 Å². The average molecular weight is 561 g/mol. The molecule has 0 unspecified atom stereocenters. The Hall–Kier alpha value is -4.84. The molecule has 5 N–H and O–H groups in total. The number of carbonyl (C=O) groups is 5. The summed E-state index contributed by atoms with van der Waals surface area (Å²) in [7, 11) is 0. The van der Waals surface area contributed by atoms with Crippen LogP contribution in [0.3, 0.4) is 0 Å². The Kier molecular flexibility index (Phi) is 8.39. The largest absolute Gasteiger partial charge is 0.366 e. The van der Waals surface area contributed by atoms with Gasteiger partial charge < -0.3 is 26.6 Å². The predicted molar refractivity (Wildman–Crippen MR) is 150 cm³/mol. The fraction of sp³-hybridized carbons (Fsp3) is 0.214. The number of primary amides is 2. The van der Waals surface area contributed by atoms with E-state index in [1.54, 1.807) is 29.6 Å². The second-order valence-electron chi connectivity index (χ2n) is 9.12. The van der Waals surface area contributed by atoms with Crippen molar-refractivity contribution in [2.24, 2.45) is 11.5 Å². The molecule has 3 aromatic rings. The molecule has 0 atom stereocenters. The van der Waals surface area contributed by atoms with Crippen LogP contribution in [-0.4, -0.2) is 64.0 Å². The molecule has 2 aromatic carbocycles. The van der Waals surface area contributed by atoms with Crippen molar-refractivity contribution < 1.29 is 24.0 Å². The highest BCUT2D eigenvalue weighted by atomic mass is 32.1. The summed E-state index contributed by atoms with van der Waals surface area (Å²) in [4.78, 5) is 68.7. The third-order valence-corrected chi connectivity index (χ3v) is 7.33. The number of anilines is 1. The molecular formula is C28H28N6O5S. The van der Waals surface area contributed by atoms with Crippen molar-refractivity contribution in [2.75, 3.05) is 25.0 Å². The van der Waals surface area contributed by atoms with E-state index < -0.39 is 11.8 Å². The lowest BCUT2D eigenvalue weighted by atomic mass is 10.0. The van der Waals surface area contributed by atoms with Gasteiger partial charge in [-0.1, -0.05) is 18.7 Å². The molecule has 40 heavy (non-hydrogen) atoms. The van der Waals surface area contributed by atoms with Gasteiger partial charge in [0.05, 0.1) is 6.54 Å². The lowest BCUT2D eigenvalue weighted by Crippen LogP contribution is -2.33. The van der Waals surface area contributed by atoms with Gasteiger partial charge in [0.1, 0.15) is 10.7 Å². The van der Waals surface area contributed by atoms with Crippen molar-refractivity contribution in [2.45, 2.75) is 19.9 Å². The van der Waals surface area contributed by atoms with Crippen molar-refractivity contribution in [1.29, 1.82) is 0 Å². The topological polar surface area (TPSA) is 169 Å². The molecule has 0 saturated heterocycles. The zero-order valence-electron chi connectivity index (χ0n) is 21.8. The van der Waals surface area contributed by atoms with Crippen LogP contribution in [-0.2, 0) is 16.1 Å². The Balaban J connectivity index is 1.41. The van der Waals surface area contributed by atoms with Gasteiger partial charge in [0.25, 0.3) is 11.8 Å². The first-order valence-electron chi connectivity index (χ1n) is 12.4. The first-order valence-corrected chi connectivity index (χ1v) is 13.3. The van der Waals surface area contributed by atoms with Crippen molar-refractivity contribution >= 4 is 46.6 Å². The number of benzene rings is 2. The lowest BCUT2D eigenvalue weighted by molar-refractivity contribution is -0.116. The Labute approximate surface area is 234 Å². The summed E-state index contributed by atoms with van der Waals surface area (Å²) >= 11 is 1.28. The Morgan fingerprint density at radius 3 is 2.45 bits per heavy atom. The first-order chi connectivity index (χ1) is 19.1. The zero-order valence-corrected chi connectivity index (χ0v) is 22.6. The summed E-state index contributed by atoms with van der Waals surface area (Å²) in [5.41, 5.74) is 13.7. The summed E-state index contributed by atoms with van der Waals surface area (Å²) in [6, 6.07) is 11.5. The van der Waals surface area contributed by atoms with Crippen LogP contribution in [0.4, 0.5) is 5.69 Å². The van der Waals surface area contributed by atoms with Crippen molar-refractivity contribution in [3.8, 4) is 10.6 Å². The monoisotopic (exact) mass is 560 g/mol. The number of amides is 5. The summed E-state index contributed by atoms with van der Waals surface area (Å²) in [6.45, 7) is 6.30. The number of thiazole rings is 1. The number of nitrogens with zero attached hydrogens (tertiary/aromatic N) is 3. The number of nitrogens with two attached hydrogens (primary N) is 2. The van der Waals surface area contributed by atoms with Crippen molar-refractivity contribution in [3.05, 3.63) is 82.4 Å². The van der Waals surface area contributed by atoms with E-state index in [0.717, 1.165) is 11.1 Å². The van der Waals surface area contributed by atoms with E-state index in [2.05, 4.69) is 16.9 Å². The van der Waals surface area contributed by atoms with E-state index in [1.807, 2.05) is 13.0 Å². The van der Waals surface area contributed by atoms with E-state index in [1.165, 1.54) is 33.3 Å². The summed E-state index contributed by atoms with van der Waals surface area (Å²) in [6.07, 6.45) is 0.0644. The van der Waals surface area contributed by atoms with Crippen LogP contribution in [0, 0.1) is 0 Å². The third kappa shape index (κ3) is 6.07. The molecule has 0 saturated carbocycles. The lowest BCUT2D eigenvalue weighted by Gasteiger charge is -2.19. The molecule has 0 spiro atoms. The molecule has 0 fully saturated rings. The fourth-order valence-corrected chi connectivity index (χ4v) is 5.11. The van der Waals surface area contributed by atoms with Gasteiger partial charge in [0.2, 0.25) is 17.7 Å². The van der Waals surface area contributed by atoms with Gasteiger partial charge in [-0.3, -0.25) is 24.0 Å². The van der Waals surface area contributed by atoms with Crippen LogP contribution in [0.5, 0.6) is 0 Å². The maximum absolute atomic E-state index is 13.2. The molecule has 5 amide bonds. The Morgan fingerprint density at radius 1 is 1.10 bits per heavy atom. The van der Waals surface area contributed by atoms with Crippen LogP contribution >= 0.6 is 11.3 Å². The maximum atomic E-state index is 13.2. The average Bonchev–Trinajstić information content (AvgIpc) is 3.54. The minimum absolute atomic E-state index is 0.0294. The van der Waals surface area contributed by atoms with E-state index in [-0.39, 0.29) is 55.0 Å². The SMILES string of the molecule is C=C(CN1Cc2c(cccc2-c2nc(C(=O)N(CC)CCC(=O)Nc3ccc(C(N)=O)cc3)cs2)C1=O)C(N)=O. The second kappa shape index (κ2) is 11.9. The highest BCUT2D eigenvalue weighted by Crippen LogP contribution is 2.34. The third-order valence-electron chi connectivity index (χ3n) is 6.46. The van der Waals surface area contributed by atoms with Gasteiger partial charge in [0.15, 0.2) is 0 Å². The standard InChI is InChI=1S/C28H28N6O5S/c1-3-33(12-11-23(35)31-18-9-7-17(8-10-18)25(30)37)28(39)22-15-40-26(32-22)19-5-4-6-20-21(19)14-34(27(20)38)13-16(2)24(29)36/h4-10,15H,2-3,11-14H2,1H3,(H2,29,36)(H2,30,37)(H,31,35). The molecule has 206 valence electrons. The molecule has 1 aromatic heterocycles. The normalized spacial score (nSPS) is 12.1. The first kappa shape index (κ1) is 28.2. The highest BCUT2D eigenvalue weighted by Gasteiger charge is 2.31. The molecule has 4 rings (SSSR count). The zero-order chi connectivity index (χ0) is 29.0. The van der Waals surface area contributed by atoms with E-state index in [9.17, 15) is 24.0 Å². The molecule has 1 aliphatic rings. The number of carbonyl (C=O) groups excluding carboxylic acids is 5. The molecule has 11 nitrogen and oxygen atoms in total. The minimum Gasteiger partial charge on any atom is -0.366 e. The fourth-order valence-electron chi connectivity index (χ4n) is 4.27.